The molecule has 90 valence electrons. The first kappa shape index (κ1) is 13.0. The highest BCUT2D eigenvalue weighted by Gasteiger charge is 2.19. The Kier molecular flexibility index (Phi) is 6.26. The molecule has 1 fully saturated rings. The van der Waals surface area contributed by atoms with Crippen LogP contribution in [0, 0.1) is 5.92 Å². The van der Waals surface area contributed by atoms with Crippen LogP contribution in [-0.4, -0.2) is 23.8 Å². The second kappa shape index (κ2) is 7.24. The van der Waals surface area contributed by atoms with Crippen molar-refractivity contribution in [1.29, 1.82) is 0 Å². The summed E-state index contributed by atoms with van der Waals surface area (Å²) in [4.78, 5) is 0. The van der Waals surface area contributed by atoms with Crippen LogP contribution in [-0.2, 0) is 0 Å². The summed E-state index contributed by atoms with van der Waals surface area (Å²) in [7, 11) is 0. The van der Waals surface area contributed by atoms with E-state index in [1.54, 1.807) is 0 Å². The maximum Gasteiger partial charge on any atom is 0.0584 e. The summed E-state index contributed by atoms with van der Waals surface area (Å²) in [5, 5.41) is 12.8. The highest BCUT2D eigenvalue weighted by Crippen LogP contribution is 2.25. The molecule has 0 aromatic heterocycles. The van der Waals surface area contributed by atoms with Crippen LogP contribution in [0.15, 0.2) is 0 Å². The molecule has 0 saturated heterocycles. The molecule has 1 saturated carbocycles. The average molecular weight is 213 g/mol. The van der Waals surface area contributed by atoms with Crippen LogP contribution in [0.2, 0.25) is 0 Å². The van der Waals surface area contributed by atoms with Gasteiger partial charge in [0.2, 0.25) is 0 Å². The van der Waals surface area contributed by atoms with Crippen molar-refractivity contribution in [2.24, 2.45) is 5.92 Å². The minimum atomic E-state index is 0.282. The number of aliphatic hydroxyl groups is 1. The molecule has 0 amide bonds. The maximum absolute atomic E-state index is 9.16. The Morgan fingerprint density at radius 1 is 1.20 bits per heavy atom. The molecule has 1 aliphatic carbocycles. The normalized spacial score (nSPS) is 29.8. The fraction of sp³-hybridized carbons (Fsp3) is 1.00. The summed E-state index contributed by atoms with van der Waals surface area (Å²) < 4.78 is 0. The molecule has 0 spiro atoms. The van der Waals surface area contributed by atoms with Crippen molar-refractivity contribution in [2.45, 2.75) is 70.9 Å². The molecule has 0 aromatic carbocycles. The molecule has 0 heterocycles. The first-order valence-electron chi connectivity index (χ1n) is 6.67. The van der Waals surface area contributed by atoms with Crippen molar-refractivity contribution < 1.29 is 5.11 Å². The van der Waals surface area contributed by atoms with E-state index in [1.807, 2.05) is 0 Å². The van der Waals surface area contributed by atoms with Crippen molar-refractivity contribution in [3.63, 3.8) is 0 Å². The fourth-order valence-corrected chi connectivity index (χ4v) is 2.59. The van der Waals surface area contributed by atoms with Gasteiger partial charge in [0.15, 0.2) is 0 Å². The largest absolute Gasteiger partial charge is 0.395 e. The van der Waals surface area contributed by atoms with E-state index in [-0.39, 0.29) is 6.61 Å². The van der Waals surface area contributed by atoms with Crippen molar-refractivity contribution in [3.8, 4) is 0 Å². The van der Waals surface area contributed by atoms with Gasteiger partial charge in [-0.15, -0.1) is 0 Å². The zero-order valence-electron chi connectivity index (χ0n) is 10.3. The highest BCUT2D eigenvalue weighted by atomic mass is 16.3. The molecular formula is C13H27NO. The van der Waals surface area contributed by atoms with Gasteiger partial charge in [-0.1, -0.05) is 33.1 Å². The molecule has 15 heavy (non-hydrogen) atoms. The molecule has 1 aliphatic rings. The third-order valence-electron chi connectivity index (χ3n) is 3.85. The molecule has 0 bridgehead atoms. The van der Waals surface area contributed by atoms with Gasteiger partial charge in [-0.2, -0.15) is 0 Å². The topological polar surface area (TPSA) is 32.3 Å². The standard InChI is InChI=1S/C13H27NO/c1-3-11-6-5-7-13(9-8-11)14-12(4-2)10-15/h11-15H,3-10H2,1-2H3/t11?,12-,13?/m1/s1. The zero-order valence-corrected chi connectivity index (χ0v) is 10.3. The van der Waals surface area contributed by atoms with E-state index in [0.29, 0.717) is 12.1 Å². The number of hydrogen-bond donors (Lipinski definition) is 2. The van der Waals surface area contributed by atoms with Crippen molar-refractivity contribution in [3.05, 3.63) is 0 Å². The first-order chi connectivity index (χ1) is 7.30. The summed E-state index contributed by atoms with van der Waals surface area (Å²) in [6.45, 7) is 4.73. The summed E-state index contributed by atoms with van der Waals surface area (Å²) in [5.41, 5.74) is 0. The zero-order chi connectivity index (χ0) is 11.1. The predicted octanol–water partition coefficient (Wildman–Crippen LogP) is 2.71. The fourth-order valence-electron chi connectivity index (χ4n) is 2.59. The van der Waals surface area contributed by atoms with Crippen LogP contribution >= 0.6 is 0 Å². The minimum Gasteiger partial charge on any atom is -0.395 e. The minimum absolute atomic E-state index is 0.282. The van der Waals surface area contributed by atoms with Gasteiger partial charge in [0.05, 0.1) is 6.61 Å². The van der Waals surface area contributed by atoms with Crippen molar-refractivity contribution >= 4 is 0 Å². The number of hydrogen-bond acceptors (Lipinski definition) is 2. The van der Waals surface area contributed by atoms with Crippen LogP contribution < -0.4 is 5.32 Å². The summed E-state index contributed by atoms with van der Waals surface area (Å²) >= 11 is 0. The monoisotopic (exact) mass is 213 g/mol. The molecule has 0 radical (unpaired) electrons. The molecule has 1 rings (SSSR count). The van der Waals surface area contributed by atoms with E-state index in [9.17, 15) is 0 Å². The van der Waals surface area contributed by atoms with E-state index < -0.39 is 0 Å². The van der Waals surface area contributed by atoms with E-state index >= 15 is 0 Å². The van der Waals surface area contributed by atoms with Crippen LogP contribution in [0.1, 0.15) is 58.8 Å². The van der Waals surface area contributed by atoms with E-state index in [2.05, 4.69) is 19.2 Å². The molecule has 3 atom stereocenters. The predicted molar refractivity (Wildman–Crippen MR) is 65.0 cm³/mol. The lowest BCUT2D eigenvalue weighted by Crippen LogP contribution is -2.39. The van der Waals surface area contributed by atoms with Gasteiger partial charge in [0, 0.05) is 12.1 Å². The Balaban J connectivity index is 2.30. The second-order valence-electron chi connectivity index (χ2n) is 4.93. The molecule has 2 N–H and O–H groups in total. The van der Waals surface area contributed by atoms with Crippen molar-refractivity contribution in [1.82, 2.24) is 5.32 Å². The van der Waals surface area contributed by atoms with Gasteiger partial charge >= 0.3 is 0 Å². The SMILES string of the molecule is CCC1CCCC(N[C@H](CC)CO)CC1. The van der Waals surface area contributed by atoms with E-state index in [1.165, 1.54) is 38.5 Å². The molecule has 0 aromatic rings. The lowest BCUT2D eigenvalue weighted by Gasteiger charge is -2.22. The van der Waals surface area contributed by atoms with Crippen LogP contribution in [0.4, 0.5) is 0 Å². The molecule has 2 heteroatoms. The lowest BCUT2D eigenvalue weighted by atomic mass is 9.97. The smallest absolute Gasteiger partial charge is 0.0584 e. The Bertz CT molecular complexity index is 157. The maximum atomic E-state index is 9.16. The highest BCUT2D eigenvalue weighted by molar-refractivity contribution is 4.77. The van der Waals surface area contributed by atoms with Gasteiger partial charge < -0.3 is 10.4 Å². The Morgan fingerprint density at radius 3 is 2.60 bits per heavy atom. The average Bonchev–Trinajstić information content (AvgIpc) is 2.50. The molecule has 2 nitrogen and oxygen atoms in total. The Hall–Kier alpha value is -0.0800. The van der Waals surface area contributed by atoms with Gasteiger partial charge in [0.1, 0.15) is 0 Å². The van der Waals surface area contributed by atoms with Gasteiger partial charge in [-0.3, -0.25) is 0 Å². The third kappa shape index (κ3) is 4.52. The van der Waals surface area contributed by atoms with E-state index in [0.717, 1.165) is 12.3 Å². The van der Waals surface area contributed by atoms with Gasteiger partial charge in [0.25, 0.3) is 0 Å². The Labute approximate surface area is 94.5 Å². The van der Waals surface area contributed by atoms with Crippen LogP contribution in [0.5, 0.6) is 0 Å². The molecular weight excluding hydrogens is 186 g/mol. The van der Waals surface area contributed by atoms with Crippen LogP contribution in [0.25, 0.3) is 0 Å². The number of nitrogens with one attached hydrogen (secondary N) is 1. The lowest BCUT2D eigenvalue weighted by molar-refractivity contribution is 0.222. The summed E-state index contributed by atoms with van der Waals surface area (Å²) in [6, 6.07) is 0.965. The second-order valence-corrected chi connectivity index (χ2v) is 4.93. The van der Waals surface area contributed by atoms with Gasteiger partial charge in [-0.05, 0) is 31.6 Å². The molecule has 2 unspecified atom stereocenters. The summed E-state index contributed by atoms with van der Waals surface area (Å²) in [6.07, 6.45) is 9.11. The Morgan fingerprint density at radius 2 is 2.00 bits per heavy atom. The van der Waals surface area contributed by atoms with Crippen molar-refractivity contribution in [2.75, 3.05) is 6.61 Å². The number of rotatable bonds is 5. The summed E-state index contributed by atoms with van der Waals surface area (Å²) in [5.74, 6) is 0.950. The number of aliphatic hydroxyl groups excluding tert-OH is 1. The first-order valence-corrected chi connectivity index (χ1v) is 6.67. The quantitative estimate of drug-likeness (QED) is 0.688. The third-order valence-corrected chi connectivity index (χ3v) is 3.85. The van der Waals surface area contributed by atoms with Crippen LogP contribution in [0.3, 0.4) is 0 Å². The molecule has 0 aliphatic heterocycles. The van der Waals surface area contributed by atoms with E-state index in [4.69, 9.17) is 5.11 Å². The van der Waals surface area contributed by atoms with Gasteiger partial charge in [-0.25, -0.2) is 0 Å².